The first-order valence-electron chi connectivity index (χ1n) is 3.89. The summed E-state index contributed by atoms with van der Waals surface area (Å²) in [4.78, 5) is 11.4. The van der Waals surface area contributed by atoms with Crippen LogP contribution in [0, 0.1) is 0 Å². The number of hydrogen-bond acceptors (Lipinski definition) is 3. The summed E-state index contributed by atoms with van der Waals surface area (Å²) in [5.41, 5.74) is 0. The first-order chi connectivity index (χ1) is 6.63. The molecule has 14 heavy (non-hydrogen) atoms. The number of aliphatic hydroxyl groups excluding tert-OH is 1. The molecule has 0 radical (unpaired) electrons. The van der Waals surface area contributed by atoms with Crippen LogP contribution in [-0.4, -0.2) is 28.0 Å². The normalized spacial score (nSPS) is 12.4. The summed E-state index contributed by atoms with van der Waals surface area (Å²) >= 11 is 4.42. The van der Waals surface area contributed by atoms with Gasteiger partial charge in [0.1, 0.15) is 5.25 Å². The van der Waals surface area contributed by atoms with Gasteiger partial charge in [0, 0.05) is 9.37 Å². The topological polar surface area (TPSA) is 57.5 Å². The molecule has 76 valence electrons. The molecule has 0 bridgehead atoms. The van der Waals surface area contributed by atoms with Crippen molar-refractivity contribution in [3.8, 4) is 0 Å². The Balaban J connectivity index is 2.67. The third-order valence-electron chi connectivity index (χ3n) is 1.53. The van der Waals surface area contributed by atoms with Crippen LogP contribution in [0.3, 0.4) is 0 Å². The molecule has 0 aliphatic heterocycles. The van der Waals surface area contributed by atoms with Crippen LogP contribution in [0.25, 0.3) is 0 Å². The van der Waals surface area contributed by atoms with E-state index in [0.29, 0.717) is 0 Å². The Morgan fingerprint density at radius 2 is 2.00 bits per heavy atom. The van der Waals surface area contributed by atoms with Gasteiger partial charge in [-0.3, -0.25) is 4.79 Å². The molecular formula is C9H9BrO3S. The first kappa shape index (κ1) is 11.6. The molecule has 1 rings (SSSR count). The molecule has 0 spiro atoms. The zero-order valence-electron chi connectivity index (χ0n) is 7.18. The molecule has 0 saturated heterocycles. The van der Waals surface area contributed by atoms with Crippen LogP contribution in [0.4, 0.5) is 0 Å². The molecule has 0 saturated carbocycles. The van der Waals surface area contributed by atoms with Crippen molar-refractivity contribution in [3.63, 3.8) is 0 Å². The van der Waals surface area contributed by atoms with Gasteiger partial charge in [-0.25, -0.2) is 0 Å². The Morgan fingerprint density at radius 1 is 1.43 bits per heavy atom. The van der Waals surface area contributed by atoms with Crippen LogP contribution in [-0.2, 0) is 4.79 Å². The van der Waals surface area contributed by atoms with Crippen molar-refractivity contribution in [2.24, 2.45) is 0 Å². The van der Waals surface area contributed by atoms with Crippen LogP contribution in [0.1, 0.15) is 0 Å². The Kier molecular flexibility index (Phi) is 4.44. The van der Waals surface area contributed by atoms with E-state index >= 15 is 0 Å². The van der Waals surface area contributed by atoms with Crippen molar-refractivity contribution in [3.05, 3.63) is 28.7 Å². The Labute approximate surface area is 94.3 Å². The molecule has 0 fully saturated rings. The van der Waals surface area contributed by atoms with Crippen molar-refractivity contribution in [1.29, 1.82) is 0 Å². The second-order valence-electron chi connectivity index (χ2n) is 2.58. The largest absolute Gasteiger partial charge is 0.480 e. The fourth-order valence-electron chi connectivity index (χ4n) is 0.843. The van der Waals surface area contributed by atoms with E-state index in [1.165, 1.54) is 0 Å². The highest BCUT2D eigenvalue weighted by Gasteiger charge is 2.17. The zero-order chi connectivity index (χ0) is 10.6. The molecule has 5 heteroatoms. The van der Waals surface area contributed by atoms with Crippen molar-refractivity contribution in [2.45, 2.75) is 10.1 Å². The van der Waals surface area contributed by atoms with E-state index in [9.17, 15) is 4.79 Å². The summed E-state index contributed by atoms with van der Waals surface area (Å²) < 4.78 is 0.942. The van der Waals surface area contributed by atoms with Gasteiger partial charge < -0.3 is 10.2 Å². The van der Waals surface area contributed by atoms with Gasteiger partial charge in [0.15, 0.2) is 0 Å². The maximum atomic E-state index is 10.6. The summed E-state index contributed by atoms with van der Waals surface area (Å²) in [7, 11) is 0. The first-order valence-corrected chi connectivity index (χ1v) is 5.56. The number of carbonyl (C=O) groups is 1. The fourth-order valence-corrected chi connectivity index (χ4v) is 1.90. The molecule has 1 unspecified atom stereocenters. The molecule has 1 aromatic rings. The zero-order valence-corrected chi connectivity index (χ0v) is 9.59. The fraction of sp³-hybridized carbons (Fsp3) is 0.222. The smallest absolute Gasteiger partial charge is 0.319 e. The lowest BCUT2D eigenvalue weighted by Gasteiger charge is -2.08. The quantitative estimate of drug-likeness (QED) is 0.826. The number of halogens is 1. The number of thioether (sulfide) groups is 1. The number of aliphatic carboxylic acids is 1. The SMILES string of the molecule is O=C(O)C(CO)Sc1ccc(Br)cc1. The monoisotopic (exact) mass is 276 g/mol. The molecule has 0 aliphatic rings. The third-order valence-corrected chi connectivity index (χ3v) is 3.24. The summed E-state index contributed by atoms with van der Waals surface area (Å²) in [6.07, 6.45) is 0. The van der Waals surface area contributed by atoms with E-state index in [0.717, 1.165) is 21.1 Å². The van der Waals surface area contributed by atoms with Gasteiger partial charge in [0.25, 0.3) is 0 Å². The third kappa shape index (κ3) is 3.32. The minimum Gasteiger partial charge on any atom is -0.480 e. The molecule has 2 N–H and O–H groups in total. The van der Waals surface area contributed by atoms with E-state index in [1.807, 2.05) is 12.1 Å². The van der Waals surface area contributed by atoms with Gasteiger partial charge in [0.2, 0.25) is 0 Å². The van der Waals surface area contributed by atoms with Crippen LogP contribution >= 0.6 is 27.7 Å². The lowest BCUT2D eigenvalue weighted by Crippen LogP contribution is -2.20. The number of carboxylic acids is 1. The van der Waals surface area contributed by atoms with Gasteiger partial charge in [-0.15, -0.1) is 11.8 Å². The highest BCUT2D eigenvalue weighted by molar-refractivity contribution is 9.10. The number of hydrogen-bond donors (Lipinski definition) is 2. The maximum absolute atomic E-state index is 10.6. The van der Waals surface area contributed by atoms with Crippen LogP contribution in [0.2, 0.25) is 0 Å². The van der Waals surface area contributed by atoms with E-state index < -0.39 is 11.2 Å². The van der Waals surface area contributed by atoms with Gasteiger partial charge in [-0.05, 0) is 24.3 Å². The minimum atomic E-state index is -1.000. The number of aliphatic hydroxyl groups is 1. The lowest BCUT2D eigenvalue weighted by molar-refractivity contribution is -0.137. The highest BCUT2D eigenvalue weighted by atomic mass is 79.9. The highest BCUT2D eigenvalue weighted by Crippen LogP contribution is 2.24. The Hall–Kier alpha value is -0.520. The van der Waals surface area contributed by atoms with Gasteiger partial charge >= 0.3 is 5.97 Å². The van der Waals surface area contributed by atoms with Crippen LogP contribution < -0.4 is 0 Å². The maximum Gasteiger partial charge on any atom is 0.319 e. The number of carboxylic acid groups (broad SMARTS) is 1. The predicted octanol–water partition coefficient (Wildman–Crippen LogP) is 1.99. The summed E-state index contributed by atoms with van der Waals surface area (Å²) in [5.74, 6) is -1.000. The average molecular weight is 277 g/mol. The van der Waals surface area contributed by atoms with Crippen molar-refractivity contribution in [1.82, 2.24) is 0 Å². The van der Waals surface area contributed by atoms with Gasteiger partial charge in [-0.1, -0.05) is 15.9 Å². The second kappa shape index (κ2) is 5.38. The summed E-state index contributed by atoms with van der Waals surface area (Å²) in [5, 5.41) is 16.7. The molecular weight excluding hydrogens is 268 g/mol. The number of benzene rings is 1. The Morgan fingerprint density at radius 3 is 2.43 bits per heavy atom. The van der Waals surface area contributed by atoms with E-state index in [-0.39, 0.29) is 6.61 Å². The van der Waals surface area contributed by atoms with Crippen LogP contribution in [0.5, 0.6) is 0 Å². The van der Waals surface area contributed by atoms with E-state index in [1.54, 1.807) is 12.1 Å². The minimum absolute atomic E-state index is 0.365. The van der Waals surface area contributed by atoms with Crippen molar-refractivity contribution < 1.29 is 15.0 Å². The lowest BCUT2D eigenvalue weighted by atomic mass is 10.4. The molecule has 0 aliphatic carbocycles. The summed E-state index contributed by atoms with van der Waals surface area (Å²) in [6.45, 7) is -0.365. The standard InChI is InChI=1S/C9H9BrO3S/c10-6-1-3-7(4-2-6)14-8(5-11)9(12)13/h1-4,8,11H,5H2,(H,12,13). The molecule has 0 heterocycles. The van der Waals surface area contributed by atoms with Crippen molar-refractivity contribution in [2.75, 3.05) is 6.61 Å². The van der Waals surface area contributed by atoms with E-state index in [4.69, 9.17) is 10.2 Å². The molecule has 1 aromatic carbocycles. The van der Waals surface area contributed by atoms with Crippen molar-refractivity contribution >= 4 is 33.7 Å². The Bertz CT molecular complexity index is 312. The average Bonchev–Trinajstić information content (AvgIpc) is 2.16. The molecule has 1 atom stereocenters. The van der Waals surface area contributed by atoms with Gasteiger partial charge in [-0.2, -0.15) is 0 Å². The second-order valence-corrected chi connectivity index (χ2v) is 4.77. The van der Waals surface area contributed by atoms with E-state index in [2.05, 4.69) is 15.9 Å². The molecule has 3 nitrogen and oxygen atoms in total. The van der Waals surface area contributed by atoms with Gasteiger partial charge in [0.05, 0.1) is 6.61 Å². The number of rotatable bonds is 4. The predicted molar refractivity (Wildman–Crippen MR) is 58.5 cm³/mol. The van der Waals surface area contributed by atoms with Crippen LogP contribution in [0.15, 0.2) is 33.6 Å². The molecule has 0 amide bonds. The molecule has 0 aromatic heterocycles. The summed E-state index contributed by atoms with van der Waals surface area (Å²) in [6, 6.07) is 7.28.